The standard InChI is InChI=1S/C8H16O2/c1-7(2)3-4-8(5-9)6-10/h3,8-10H,4-6H2,1-2H3. The van der Waals surface area contributed by atoms with Gasteiger partial charge in [0.15, 0.2) is 0 Å². The van der Waals surface area contributed by atoms with E-state index in [0.29, 0.717) is 0 Å². The molecule has 0 atom stereocenters. The van der Waals surface area contributed by atoms with Gasteiger partial charge in [0.2, 0.25) is 0 Å². The molecular formula is C8H16O2. The van der Waals surface area contributed by atoms with Crippen LogP contribution in [-0.4, -0.2) is 23.4 Å². The molecule has 0 rings (SSSR count). The lowest BCUT2D eigenvalue weighted by molar-refractivity contribution is 0.152. The molecule has 0 spiro atoms. The van der Waals surface area contributed by atoms with Crippen molar-refractivity contribution in [1.29, 1.82) is 0 Å². The Morgan fingerprint density at radius 2 is 1.80 bits per heavy atom. The van der Waals surface area contributed by atoms with Crippen LogP contribution in [0.2, 0.25) is 0 Å². The topological polar surface area (TPSA) is 40.5 Å². The van der Waals surface area contributed by atoms with Gasteiger partial charge in [-0.25, -0.2) is 0 Å². The molecule has 0 saturated carbocycles. The van der Waals surface area contributed by atoms with Crippen molar-refractivity contribution < 1.29 is 10.2 Å². The Balaban J connectivity index is 3.54. The number of aliphatic hydroxyl groups is 2. The molecule has 0 radical (unpaired) electrons. The fraction of sp³-hybridized carbons (Fsp3) is 0.750. The quantitative estimate of drug-likeness (QED) is 0.576. The summed E-state index contributed by atoms with van der Waals surface area (Å²) in [5, 5.41) is 17.3. The maximum Gasteiger partial charge on any atom is 0.0484 e. The van der Waals surface area contributed by atoms with Crippen molar-refractivity contribution in [2.45, 2.75) is 20.3 Å². The minimum atomic E-state index is 0.0231. The fourth-order valence-corrected chi connectivity index (χ4v) is 0.609. The van der Waals surface area contributed by atoms with Gasteiger partial charge in [-0.05, 0) is 20.3 Å². The second kappa shape index (κ2) is 5.45. The summed E-state index contributed by atoms with van der Waals surface area (Å²) >= 11 is 0. The monoisotopic (exact) mass is 144 g/mol. The first-order valence-corrected chi connectivity index (χ1v) is 3.55. The Morgan fingerprint density at radius 1 is 1.30 bits per heavy atom. The van der Waals surface area contributed by atoms with Gasteiger partial charge in [0, 0.05) is 19.1 Å². The zero-order valence-electron chi connectivity index (χ0n) is 6.67. The molecule has 0 aromatic rings. The number of hydrogen-bond donors (Lipinski definition) is 2. The predicted octanol–water partition coefficient (Wildman–Crippen LogP) is 0.944. The SMILES string of the molecule is CC(C)=CCC(CO)CO. The van der Waals surface area contributed by atoms with Gasteiger partial charge in [-0.15, -0.1) is 0 Å². The lowest BCUT2D eigenvalue weighted by atomic mass is 10.1. The van der Waals surface area contributed by atoms with Crippen molar-refractivity contribution >= 4 is 0 Å². The number of aliphatic hydroxyl groups excluding tert-OH is 2. The van der Waals surface area contributed by atoms with E-state index in [2.05, 4.69) is 0 Å². The molecule has 0 aromatic heterocycles. The molecule has 60 valence electrons. The van der Waals surface area contributed by atoms with Crippen LogP contribution in [0, 0.1) is 5.92 Å². The average molecular weight is 144 g/mol. The van der Waals surface area contributed by atoms with Gasteiger partial charge in [-0.2, -0.15) is 0 Å². The van der Waals surface area contributed by atoms with Crippen LogP contribution < -0.4 is 0 Å². The Bertz CT molecular complexity index is 99.8. The predicted molar refractivity (Wildman–Crippen MR) is 41.7 cm³/mol. The molecule has 0 aliphatic rings. The van der Waals surface area contributed by atoms with Gasteiger partial charge < -0.3 is 10.2 Å². The second-order valence-corrected chi connectivity index (χ2v) is 2.75. The molecule has 2 nitrogen and oxygen atoms in total. The summed E-state index contributed by atoms with van der Waals surface area (Å²) in [6.07, 6.45) is 2.80. The van der Waals surface area contributed by atoms with E-state index < -0.39 is 0 Å². The molecular weight excluding hydrogens is 128 g/mol. The van der Waals surface area contributed by atoms with E-state index in [1.807, 2.05) is 19.9 Å². The van der Waals surface area contributed by atoms with Crippen LogP contribution in [0.4, 0.5) is 0 Å². The van der Waals surface area contributed by atoms with E-state index >= 15 is 0 Å². The van der Waals surface area contributed by atoms with Crippen molar-refractivity contribution in [3.8, 4) is 0 Å². The van der Waals surface area contributed by atoms with Gasteiger partial charge in [-0.3, -0.25) is 0 Å². The summed E-state index contributed by atoms with van der Waals surface area (Å²) in [5.74, 6) is 0.0231. The summed E-state index contributed by atoms with van der Waals surface area (Å²) in [7, 11) is 0. The summed E-state index contributed by atoms with van der Waals surface area (Å²) in [5.41, 5.74) is 1.23. The highest BCUT2D eigenvalue weighted by Crippen LogP contribution is 2.03. The minimum absolute atomic E-state index is 0.0231. The first kappa shape index (κ1) is 9.66. The van der Waals surface area contributed by atoms with Gasteiger partial charge >= 0.3 is 0 Å². The zero-order chi connectivity index (χ0) is 7.98. The molecule has 0 saturated heterocycles. The van der Waals surface area contributed by atoms with Crippen molar-refractivity contribution in [1.82, 2.24) is 0 Å². The molecule has 0 bridgehead atoms. The van der Waals surface area contributed by atoms with Crippen LogP contribution in [0.3, 0.4) is 0 Å². The normalized spacial score (nSPS) is 10.1. The molecule has 2 heteroatoms. The minimum Gasteiger partial charge on any atom is -0.396 e. The van der Waals surface area contributed by atoms with Crippen LogP contribution in [0.25, 0.3) is 0 Å². The van der Waals surface area contributed by atoms with Crippen molar-refractivity contribution in [2.75, 3.05) is 13.2 Å². The maximum absolute atomic E-state index is 8.65. The smallest absolute Gasteiger partial charge is 0.0484 e. The van der Waals surface area contributed by atoms with Crippen LogP contribution in [0.15, 0.2) is 11.6 Å². The Labute approximate surface area is 62.2 Å². The first-order valence-electron chi connectivity index (χ1n) is 3.55. The van der Waals surface area contributed by atoms with Crippen molar-refractivity contribution in [3.63, 3.8) is 0 Å². The number of allylic oxidation sites excluding steroid dienone is 2. The second-order valence-electron chi connectivity index (χ2n) is 2.75. The van der Waals surface area contributed by atoms with E-state index in [1.165, 1.54) is 5.57 Å². The van der Waals surface area contributed by atoms with E-state index in [9.17, 15) is 0 Å². The molecule has 0 aromatic carbocycles. The highest BCUT2D eigenvalue weighted by atomic mass is 16.3. The lowest BCUT2D eigenvalue weighted by Gasteiger charge is -2.06. The lowest BCUT2D eigenvalue weighted by Crippen LogP contribution is -2.09. The highest BCUT2D eigenvalue weighted by molar-refractivity contribution is 4.93. The molecule has 0 aliphatic heterocycles. The summed E-state index contributed by atoms with van der Waals surface area (Å²) < 4.78 is 0. The van der Waals surface area contributed by atoms with Gasteiger partial charge in [0.25, 0.3) is 0 Å². The zero-order valence-corrected chi connectivity index (χ0v) is 6.67. The molecule has 0 aliphatic carbocycles. The Morgan fingerprint density at radius 3 is 2.10 bits per heavy atom. The molecule has 0 fully saturated rings. The maximum atomic E-state index is 8.65. The van der Waals surface area contributed by atoms with Gasteiger partial charge in [0.05, 0.1) is 0 Å². The number of rotatable bonds is 4. The summed E-state index contributed by atoms with van der Waals surface area (Å²) in [4.78, 5) is 0. The molecule has 0 unspecified atom stereocenters. The van der Waals surface area contributed by atoms with E-state index in [-0.39, 0.29) is 19.1 Å². The molecule has 10 heavy (non-hydrogen) atoms. The van der Waals surface area contributed by atoms with Gasteiger partial charge in [0.1, 0.15) is 0 Å². The van der Waals surface area contributed by atoms with Crippen LogP contribution in [0.5, 0.6) is 0 Å². The summed E-state index contributed by atoms with van der Waals surface area (Å²) in [6.45, 7) is 4.15. The van der Waals surface area contributed by atoms with E-state index in [0.717, 1.165) is 6.42 Å². The molecule has 2 N–H and O–H groups in total. The number of hydrogen-bond acceptors (Lipinski definition) is 2. The average Bonchev–Trinajstić information content (AvgIpc) is 1.90. The van der Waals surface area contributed by atoms with Crippen molar-refractivity contribution in [3.05, 3.63) is 11.6 Å². The molecule has 0 amide bonds. The van der Waals surface area contributed by atoms with Crippen LogP contribution in [0.1, 0.15) is 20.3 Å². The third-order valence-corrected chi connectivity index (χ3v) is 1.38. The fourth-order valence-electron chi connectivity index (χ4n) is 0.609. The van der Waals surface area contributed by atoms with Crippen molar-refractivity contribution in [2.24, 2.45) is 5.92 Å². The van der Waals surface area contributed by atoms with Crippen LogP contribution >= 0.6 is 0 Å². The molecule has 0 heterocycles. The van der Waals surface area contributed by atoms with E-state index in [1.54, 1.807) is 0 Å². The van der Waals surface area contributed by atoms with E-state index in [4.69, 9.17) is 10.2 Å². The van der Waals surface area contributed by atoms with Gasteiger partial charge in [-0.1, -0.05) is 11.6 Å². The third kappa shape index (κ3) is 4.53. The first-order chi connectivity index (χ1) is 4.70. The Kier molecular flexibility index (Phi) is 5.26. The largest absolute Gasteiger partial charge is 0.396 e. The van der Waals surface area contributed by atoms with Crippen LogP contribution in [-0.2, 0) is 0 Å². The Hall–Kier alpha value is -0.340. The third-order valence-electron chi connectivity index (χ3n) is 1.38. The summed E-state index contributed by atoms with van der Waals surface area (Å²) in [6, 6.07) is 0. The highest BCUT2D eigenvalue weighted by Gasteiger charge is 2.01.